The average molecular weight is 450 g/mol. The highest BCUT2D eigenvalue weighted by molar-refractivity contribution is 7.99. The summed E-state index contributed by atoms with van der Waals surface area (Å²) in [5, 5.41) is 3.85. The van der Waals surface area contributed by atoms with E-state index in [0.717, 1.165) is 5.56 Å². The Bertz CT molecular complexity index is 1050. The lowest BCUT2D eigenvalue weighted by Crippen LogP contribution is -2.29. The smallest absolute Gasteiger partial charge is 0.418 e. The molecule has 0 aliphatic carbocycles. The molecular weight excluding hydrogens is 430 g/mol. The Kier molecular flexibility index (Phi) is 7.87. The quantitative estimate of drug-likeness (QED) is 0.149. The van der Waals surface area contributed by atoms with Crippen molar-refractivity contribution in [1.29, 1.82) is 0 Å². The third-order valence-electron chi connectivity index (χ3n) is 4.57. The van der Waals surface area contributed by atoms with Gasteiger partial charge in [-0.25, -0.2) is 0 Å². The van der Waals surface area contributed by atoms with Crippen molar-refractivity contribution in [2.75, 3.05) is 0 Å². The monoisotopic (exact) mass is 450 g/mol. The van der Waals surface area contributed by atoms with Crippen molar-refractivity contribution < 1.29 is 17.3 Å². The van der Waals surface area contributed by atoms with Crippen LogP contribution in [0.4, 0.5) is 17.3 Å². The van der Waals surface area contributed by atoms with E-state index in [4.69, 9.17) is 0 Å². The fourth-order valence-corrected chi connectivity index (χ4v) is 6.70. The van der Waals surface area contributed by atoms with Gasteiger partial charge in [0.15, 0.2) is 7.26 Å². The molecule has 0 aliphatic rings. The highest BCUT2D eigenvalue weighted by Crippen LogP contribution is 2.54. The van der Waals surface area contributed by atoms with Gasteiger partial charge in [-0.2, -0.15) is 0 Å². The largest absolute Gasteiger partial charge is 0.673 e. The predicted octanol–water partition coefficient (Wildman–Crippen LogP) is 6.29. The zero-order chi connectivity index (χ0) is 22.9. The SMILES string of the molecule is C(#C[P+](c1ccccc1)(c1ccccc1)c1ccccc1)c1ccccc1.F[B-](F)(F)F. The van der Waals surface area contributed by atoms with Crippen LogP contribution in [0.5, 0.6) is 0 Å². The van der Waals surface area contributed by atoms with Crippen molar-refractivity contribution >= 4 is 30.4 Å². The Morgan fingerprint density at radius 3 is 1.06 bits per heavy atom. The molecule has 0 nitrogen and oxygen atoms in total. The molecule has 0 saturated heterocycles. The van der Waals surface area contributed by atoms with Gasteiger partial charge in [0.1, 0.15) is 15.9 Å². The number of halogens is 4. The Balaban J connectivity index is 0.000000523. The summed E-state index contributed by atoms with van der Waals surface area (Å²) in [6, 6.07) is 42.4. The fraction of sp³-hybridized carbons (Fsp3) is 0. The summed E-state index contributed by atoms with van der Waals surface area (Å²) in [4.78, 5) is 0. The summed E-state index contributed by atoms with van der Waals surface area (Å²) in [6.07, 6.45) is 0. The van der Waals surface area contributed by atoms with E-state index >= 15 is 0 Å². The van der Waals surface area contributed by atoms with Gasteiger partial charge in [-0.1, -0.05) is 72.8 Å². The summed E-state index contributed by atoms with van der Waals surface area (Å²) in [5.74, 6) is 3.48. The highest BCUT2D eigenvalue weighted by Gasteiger charge is 2.44. The number of hydrogen-bond donors (Lipinski definition) is 0. The molecule has 0 aromatic heterocycles. The van der Waals surface area contributed by atoms with Crippen LogP contribution in [0.2, 0.25) is 0 Å². The first kappa shape index (κ1) is 23.3. The van der Waals surface area contributed by atoms with Crippen molar-refractivity contribution in [3.8, 4) is 11.6 Å². The van der Waals surface area contributed by atoms with Crippen molar-refractivity contribution in [3.05, 3.63) is 127 Å². The topological polar surface area (TPSA) is 0 Å². The Morgan fingerprint density at radius 2 is 0.750 bits per heavy atom. The van der Waals surface area contributed by atoms with E-state index in [2.05, 4.69) is 115 Å². The summed E-state index contributed by atoms with van der Waals surface area (Å²) in [6.45, 7) is 0. The molecule has 0 spiro atoms. The molecule has 0 radical (unpaired) electrons. The second-order valence-electron chi connectivity index (χ2n) is 6.78. The minimum absolute atomic E-state index is 1.05. The highest BCUT2D eigenvalue weighted by atomic mass is 31.2. The van der Waals surface area contributed by atoms with Crippen LogP contribution in [0, 0.1) is 11.6 Å². The van der Waals surface area contributed by atoms with Crippen LogP contribution in [-0.4, -0.2) is 7.25 Å². The van der Waals surface area contributed by atoms with E-state index < -0.39 is 14.5 Å². The van der Waals surface area contributed by atoms with Gasteiger partial charge in [0.05, 0.1) is 5.66 Å². The van der Waals surface area contributed by atoms with E-state index in [9.17, 15) is 17.3 Å². The molecule has 0 unspecified atom stereocenters. The number of hydrogen-bond acceptors (Lipinski definition) is 0. The minimum atomic E-state index is -6.00. The van der Waals surface area contributed by atoms with Crippen LogP contribution >= 0.6 is 7.26 Å². The van der Waals surface area contributed by atoms with Crippen LogP contribution in [0.1, 0.15) is 5.56 Å². The van der Waals surface area contributed by atoms with E-state index in [1.54, 1.807) is 0 Å². The van der Waals surface area contributed by atoms with Gasteiger partial charge in [-0.15, -0.1) is 0 Å². The molecule has 0 aliphatic heterocycles. The molecular formula is C26H20BF4P. The van der Waals surface area contributed by atoms with E-state index in [0.29, 0.717) is 0 Å². The van der Waals surface area contributed by atoms with Gasteiger partial charge >= 0.3 is 7.25 Å². The molecule has 0 saturated carbocycles. The molecule has 4 rings (SSSR count). The van der Waals surface area contributed by atoms with Crippen molar-refractivity contribution in [3.63, 3.8) is 0 Å². The summed E-state index contributed by atoms with van der Waals surface area (Å²) in [5.41, 5.74) is 4.81. The van der Waals surface area contributed by atoms with Crippen LogP contribution in [0.3, 0.4) is 0 Å². The standard InChI is InChI=1S/C26H20P.BF4/c1-5-13-23(14-6-1)21-22-27(24-15-7-2-8-16-24,25-17-9-3-10-18-25)26-19-11-4-12-20-26;2-1(3,4)5/h1-20H;/q+1;-1. The first-order valence-corrected chi connectivity index (χ1v) is 11.7. The van der Waals surface area contributed by atoms with E-state index in [-0.39, 0.29) is 0 Å². The summed E-state index contributed by atoms with van der Waals surface area (Å²) in [7, 11) is -8.08. The van der Waals surface area contributed by atoms with Gasteiger partial charge in [-0.3, -0.25) is 0 Å². The maximum atomic E-state index is 9.75. The second kappa shape index (κ2) is 10.8. The number of rotatable bonds is 3. The summed E-state index contributed by atoms with van der Waals surface area (Å²) < 4.78 is 39.0. The molecule has 0 N–H and O–H groups in total. The summed E-state index contributed by atoms with van der Waals surface area (Å²) >= 11 is 0. The zero-order valence-corrected chi connectivity index (χ0v) is 18.0. The van der Waals surface area contributed by atoms with Gasteiger partial charge in [0.2, 0.25) is 0 Å². The molecule has 4 aromatic carbocycles. The lowest BCUT2D eigenvalue weighted by molar-refractivity contribution is 0.368. The van der Waals surface area contributed by atoms with E-state index in [1.165, 1.54) is 15.9 Å². The molecule has 0 amide bonds. The van der Waals surface area contributed by atoms with Gasteiger partial charge in [-0.05, 0) is 54.5 Å². The van der Waals surface area contributed by atoms with Crippen molar-refractivity contribution in [1.82, 2.24) is 0 Å². The first-order valence-electron chi connectivity index (χ1n) is 9.91. The lowest BCUT2D eigenvalue weighted by Gasteiger charge is -2.21. The molecule has 32 heavy (non-hydrogen) atoms. The van der Waals surface area contributed by atoms with Crippen molar-refractivity contribution in [2.45, 2.75) is 0 Å². The second-order valence-corrected chi connectivity index (χ2v) is 9.89. The lowest BCUT2D eigenvalue weighted by atomic mass is 10.2. The first-order chi connectivity index (χ1) is 15.4. The normalized spacial score (nSPS) is 10.9. The van der Waals surface area contributed by atoms with Gasteiger partial charge in [0.25, 0.3) is 0 Å². The molecule has 4 aromatic rings. The third kappa shape index (κ3) is 6.33. The third-order valence-corrected chi connectivity index (χ3v) is 8.24. The molecule has 160 valence electrons. The maximum absolute atomic E-state index is 9.75. The maximum Gasteiger partial charge on any atom is 0.673 e. The Hall–Kier alpha value is -3.35. The van der Waals surface area contributed by atoms with Gasteiger partial charge < -0.3 is 17.3 Å². The van der Waals surface area contributed by atoms with E-state index in [1.807, 2.05) is 18.2 Å². The van der Waals surface area contributed by atoms with Gasteiger partial charge in [0, 0.05) is 5.56 Å². The Labute approximate surface area is 186 Å². The Morgan fingerprint density at radius 1 is 0.469 bits per heavy atom. The van der Waals surface area contributed by atoms with Crippen LogP contribution in [0.15, 0.2) is 121 Å². The van der Waals surface area contributed by atoms with Crippen LogP contribution in [0.25, 0.3) is 0 Å². The number of benzene rings is 4. The molecule has 0 fully saturated rings. The minimum Gasteiger partial charge on any atom is -0.418 e. The molecule has 6 heteroatoms. The zero-order valence-electron chi connectivity index (χ0n) is 17.1. The average Bonchev–Trinajstić information content (AvgIpc) is 2.81. The molecule has 0 atom stereocenters. The van der Waals surface area contributed by atoms with Crippen molar-refractivity contribution in [2.24, 2.45) is 0 Å². The fourth-order valence-electron chi connectivity index (χ4n) is 3.27. The van der Waals surface area contributed by atoms with Crippen LogP contribution in [-0.2, 0) is 0 Å². The molecule has 0 bridgehead atoms. The molecule has 0 heterocycles. The van der Waals surface area contributed by atoms with Crippen LogP contribution < -0.4 is 15.9 Å². The predicted molar refractivity (Wildman–Crippen MR) is 129 cm³/mol.